The van der Waals surface area contributed by atoms with Gasteiger partial charge >= 0.3 is 11.9 Å². The lowest BCUT2D eigenvalue weighted by Gasteiger charge is -2.08. The molecule has 0 saturated carbocycles. The Balaban J connectivity index is 1.36. The second-order valence-electron chi connectivity index (χ2n) is 8.56. The van der Waals surface area contributed by atoms with Gasteiger partial charge in [-0.15, -0.1) is 11.8 Å². The number of ether oxygens (including phenoxy) is 2. The highest BCUT2D eigenvalue weighted by atomic mass is 32.2. The van der Waals surface area contributed by atoms with Gasteiger partial charge in [0.1, 0.15) is 18.0 Å². The van der Waals surface area contributed by atoms with Gasteiger partial charge in [-0.05, 0) is 48.2 Å². The zero-order valence-corrected chi connectivity index (χ0v) is 21.6. The number of carbonyl (C=O) groups is 2. The Morgan fingerprint density at radius 3 is 2.13 bits per heavy atom. The Hall–Kier alpha value is -4.17. The number of fused-ring (bicyclic) bond motifs is 1. The number of carboxylic acids is 2. The molecule has 4 aromatic rings. The molecule has 3 aromatic carbocycles. The molecule has 0 aliphatic rings. The van der Waals surface area contributed by atoms with Crippen LogP contribution in [-0.2, 0) is 16.1 Å². The molecule has 2 N–H and O–H groups in total. The van der Waals surface area contributed by atoms with E-state index in [1.165, 1.54) is 11.8 Å². The average Bonchev–Trinajstić information content (AvgIpc) is 3.26. The summed E-state index contributed by atoms with van der Waals surface area (Å²) in [6.07, 6.45) is 7.41. The second-order valence-corrected chi connectivity index (χ2v) is 9.58. The molecular weight excluding hydrogens is 502 g/mol. The topological polar surface area (TPSA) is 98.0 Å². The number of nitrogens with zero attached hydrogens (tertiary/aromatic N) is 1. The van der Waals surface area contributed by atoms with Crippen molar-refractivity contribution in [2.24, 2.45) is 0 Å². The number of para-hydroxylation sites is 2. The molecule has 1 aromatic heterocycles. The molecule has 0 bridgehead atoms. The summed E-state index contributed by atoms with van der Waals surface area (Å²) in [5.41, 5.74) is 2.58. The van der Waals surface area contributed by atoms with E-state index in [1.54, 1.807) is 10.8 Å². The molecule has 0 atom stereocenters. The van der Waals surface area contributed by atoms with Gasteiger partial charge in [0.25, 0.3) is 0 Å². The number of rotatable bonds is 14. The van der Waals surface area contributed by atoms with E-state index in [1.807, 2.05) is 84.9 Å². The molecule has 0 spiro atoms. The van der Waals surface area contributed by atoms with Crippen LogP contribution >= 0.6 is 11.8 Å². The molecule has 1 heterocycles. The molecule has 7 nitrogen and oxygen atoms in total. The van der Waals surface area contributed by atoms with E-state index in [9.17, 15) is 14.7 Å². The average molecular weight is 532 g/mol. The van der Waals surface area contributed by atoms with E-state index in [0.717, 1.165) is 51.3 Å². The Labute approximate surface area is 225 Å². The van der Waals surface area contributed by atoms with Crippen LogP contribution in [-0.4, -0.2) is 45.7 Å². The van der Waals surface area contributed by atoms with Crippen LogP contribution < -0.4 is 9.47 Å². The highest BCUT2D eigenvalue weighted by Gasteiger charge is 2.14. The third-order valence-electron chi connectivity index (χ3n) is 5.70. The SMILES string of the molecule is O=C(O)CSc1cn(CC(=O)O)c2c(C=Cc3ccc(OCCCCOc4ccccc4)cc3)cccc12. The normalized spacial score (nSPS) is 11.2. The summed E-state index contributed by atoms with van der Waals surface area (Å²) in [6.45, 7) is 1.05. The fraction of sp³-hybridized carbons (Fsp3) is 0.200. The van der Waals surface area contributed by atoms with Crippen molar-refractivity contribution in [1.29, 1.82) is 0 Å². The van der Waals surface area contributed by atoms with Crippen LogP contribution in [0.25, 0.3) is 23.1 Å². The molecule has 0 amide bonds. The molecule has 4 rings (SSSR count). The van der Waals surface area contributed by atoms with Crippen LogP contribution in [0.4, 0.5) is 0 Å². The van der Waals surface area contributed by atoms with E-state index in [4.69, 9.17) is 14.6 Å². The van der Waals surface area contributed by atoms with Crippen molar-refractivity contribution in [1.82, 2.24) is 4.57 Å². The Kier molecular flexibility index (Phi) is 9.48. The van der Waals surface area contributed by atoms with Crippen molar-refractivity contribution < 1.29 is 29.3 Å². The summed E-state index contributed by atoms with van der Waals surface area (Å²) in [5.74, 6) is -0.309. The summed E-state index contributed by atoms with van der Waals surface area (Å²) in [4.78, 5) is 23.2. The smallest absolute Gasteiger partial charge is 0.323 e. The van der Waals surface area contributed by atoms with Gasteiger partial charge in [0.2, 0.25) is 0 Å². The van der Waals surface area contributed by atoms with E-state index >= 15 is 0 Å². The molecule has 0 radical (unpaired) electrons. The lowest BCUT2D eigenvalue weighted by Crippen LogP contribution is -2.07. The summed E-state index contributed by atoms with van der Waals surface area (Å²) >= 11 is 1.18. The van der Waals surface area contributed by atoms with Crippen LogP contribution in [0.5, 0.6) is 11.5 Å². The van der Waals surface area contributed by atoms with Gasteiger partial charge in [-0.2, -0.15) is 0 Å². The number of hydrogen-bond acceptors (Lipinski definition) is 5. The molecule has 0 fully saturated rings. The van der Waals surface area contributed by atoms with Crippen LogP contribution in [0.3, 0.4) is 0 Å². The standard InChI is InChI=1S/C30H29NO6S/c32-28(33)20-31-19-27(38-21-29(34)35)26-10-6-7-23(30(26)31)14-11-22-12-15-25(16-13-22)37-18-5-4-17-36-24-8-2-1-3-9-24/h1-3,6-16,19H,4-5,17-18,20-21H2,(H,32,33)(H,34,35). The Morgan fingerprint density at radius 2 is 1.47 bits per heavy atom. The maximum Gasteiger partial charge on any atom is 0.323 e. The lowest BCUT2D eigenvalue weighted by molar-refractivity contribution is -0.137. The highest BCUT2D eigenvalue weighted by molar-refractivity contribution is 8.00. The predicted molar refractivity (Wildman–Crippen MR) is 150 cm³/mol. The molecule has 0 unspecified atom stereocenters. The Morgan fingerprint density at radius 1 is 0.789 bits per heavy atom. The third-order valence-corrected chi connectivity index (χ3v) is 6.73. The van der Waals surface area contributed by atoms with E-state index in [0.29, 0.717) is 13.2 Å². The highest BCUT2D eigenvalue weighted by Crippen LogP contribution is 2.33. The van der Waals surface area contributed by atoms with Crippen molar-refractivity contribution in [3.63, 3.8) is 0 Å². The number of aromatic nitrogens is 1. The zero-order chi connectivity index (χ0) is 26.7. The molecule has 196 valence electrons. The first kappa shape index (κ1) is 26.9. The van der Waals surface area contributed by atoms with Crippen molar-refractivity contribution in [2.45, 2.75) is 24.3 Å². The number of hydrogen-bond donors (Lipinski definition) is 2. The lowest BCUT2D eigenvalue weighted by atomic mass is 10.1. The summed E-state index contributed by atoms with van der Waals surface area (Å²) in [5, 5.41) is 19.3. The van der Waals surface area contributed by atoms with E-state index in [-0.39, 0.29) is 12.3 Å². The predicted octanol–water partition coefficient (Wildman–Crippen LogP) is 6.31. The van der Waals surface area contributed by atoms with Gasteiger partial charge in [0, 0.05) is 16.5 Å². The first-order valence-electron chi connectivity index (χ1n) is 12.3. The number of unbranched alkanes of at least 4 members (excludes halogenated alkanes) is 1. The van der Waals surface area contributed by atoms with Gasteiger partial charge in [0.05, 0.1) is 24.5 Å². The molecule has 0 saturated heterocycles. The van der Waals surface area contributed by atoms with Gasteiger partial charge in [-0.25, -0.2) is 0 Å². The van der Waals surface area contributed by atoms with E-state index in [2.05, 4.69) is 0 Å². The minimum Gasteiger partial charge on any atom is -0.494 e. The van der Waals surface area contributed by atoms with Gasteiger partial charge in [0.15, 0.2) is 0 Å². The molecule has 38 heavy (non-hydrogen) atoms. The fourth-order valence-corrected chi connectivity index (χ4v) is 4.78. The second kappa shape index (κ2) is 13.4. The first-order valence-corrected chi connectivity index (χ1v) is 13.3. The minimum atomic E-state index is -0.963. The number of benzene rings is 3. The number of aliphatic carboxylic acids is 2. The summed E-state index contributed by atoms with van der Waals surface area (Å²) < 4.78 is 13.2. The largest absolute Gasteiger partial charge is 0.494 e. The number of carboxylic acid groups (broad SMARTS) is 2. The summed E-state index contributed by atoms with van der Waals surface area (Å²) in [7, 11) is 0. The van der Waals surface area contributed by atoms with Crippen LogP contribution in [0.2, 0.25) is 0 Å². The zero-order valence-electron chi connectivity index (χ0n) is 20.8. The van der Waals surface area contributed by atoms with Crippen LogP contribution in [0, 0.1) is 0 Å². The van der Waals surface area contributed by atoms with Crippen molar-refractivity contribution in [3.05, 3.63) is 90.1 Å². The van der Waals surface area contributed by atoms with Crippen molar-refractivity contribution in [2.75, 3.05) is 19.0 Å². The van der Waals surface area contributed by atoms with Gasteiger partial charge in [-0.3, -0.25) is 9.59 Å². The summed E-state index contributed by atoms with van der Waals surface area (Å²) in [6, 6.07) is 23.2. The molecule has 0 aliphatic heterocycles. The molecule has 8 heteroatoms. The Bertz CT molecular complexity index is 1400. The van der Waals surface area contributed by atoms with Crippen LogP contribution in [0.15, 0.2) is 83.9 Å². The van der Waals surface area contributed by atoms with Crippen LogP contribution in [0.1, 0.15) is 24.0 Å². The van der Waals surface area contributed by atoms with Gasteiger partial charge < -0.3 is 24.3 Å². The van der Waals surface area contributed by atoms with Crippen molar-refractivity contribution in [3.8, 4) is 11.5 Å². The maximum absolute atomic E-state index is 11.4. The van der Waals surface area contributed by atoms with Crippen molar-refractivity contribution >= 4 is 46.8 Å². The monoisotopic (exact) mass is 531 g/mol. The quantitative estimate of drug-likeness (QED) is 0.112. The van der Waals surface area contributed by atoms with Gasteiger partial charge in [-0.1, -0.05) is 60.7 Å². The first-order chi connectivity index (χ1) is 18.5. The fourth-order valence-electron chi connectivity index (χ4n) is 3.98. The molecular formula is C30H29NO6S. The molecule has 0 aliphatic carbocycles. The minimum absolute atomic E-state index is 0.0951. The third kappa shape index (κ3) is 7.66. The van der Waals surface area contributed by atoms with E-state index < -0.39 is 11.9 Å². The maximum atomic E-state index is 11.4. The number of thioether (sulfide) groups is 1.